The van der Waals surface area contributed by atoms with Crippen LogP contribution >= 0.6 is 15.9 Å². The fourth-order valence-corrected chi connectivity index (χ4v) is 4.63. The number of rotatable bonds is 6. The normalized spacial score (nSPS) is 18.7. The van der Waals surface area contributed by atoms with Crippen molar-refractivity contribution in [3.63, 3.8) is 0 Å². The molecule has 2 saturated heterocycles. The van der Waals surface area contributed by atoms with Gasteiger partial charge in [0.05, 0.1) is 24.9 Å². The lowest BCUT2D eigenvalue weighted by molar-refractivity contribution is 0.0957. The van der Waals surface area contributed by atoms with Crippen LogP contribution in [0.3, 0.4) is 0 Å². The summed E-state index contributed by atoms with van der Waals surface area (Å²) >= 11 is 3.51. The van der Waals surface area contributed by atoms with Crippen LogP contribution in [0.25, 0.3) is 11.0 Å². The maximum absolute atomic E-state index is 12.5. The summed E-state index contributed by atoms with van der Waals surface area (Å²) in [7, 11) is 3.71. The van der Waals surface area contributed by atoms with Gasteiger partial charge in [-0.15, -0.1) is 0 Å². The van der Waals surface area contributed by atoms with E-state index in [2.05, 4.69) is 42.7 Å². The van der Waals surface area contributed by atoms with Gasteiger partial charge in [0.15, 0.2) is 0 Å². The van der Waals surface area contributed by atoms with Crippen LogP contribution in [0.15, 0.2) is 47.1 Å². The molecule has 33 heavy (non-hydrogen) atoms. The number of hydrogen-bond donors (Lipinski definition) is 0. The molecule has 2 aliphatic rings. The number of aryl methyl sites for hydroxylation is 1. The van der Waals surface area contributed by atoms with E-state index in [1.807, 2.05) is 49.5 Å². The minimum Gasteiger partial charge on any atom is -0.481 e. The number of likely N-dealkylation sites (N-methyl/N-ethyl adjacent to an activating group) is 1. The van der Waals surface area contributed by atoms with E-state index in [4.69, 9.17) is 9.47 Å². The summed E-state index contributed by atoms with van der Waals surface area (Å²) in [5.41, 5.74) is 4.72. The number of methoxy groups -OCH3 is 1. The molecule has 1 amide bonds. The molecule has 0 radical (unpaired) electrons. The lowest BCUT2D eigenvalue weighted by Gasteiger charge is -2.45. The summed E-state index contributed by atoms with van der Waals surface area (Å²) in [6.07, 6.45) is 1.38. The van der Waals surface area contributed by atoms with E-state index < -0.39 is 0 Å². The molecule has 2 aliphatic heterocycles. The Morgan fingerprint density at radius 2 is 2.03 bits per heavy atom. The summed E-state index contributed by atoms with van der Waals surface area (Å²) in [6.45, 7) is 5.02. The van der Waals surface area contributed by atoms with Gasteiger partial charge in [-0.2, -0.15) is 0 Å². The third-order valence-corrected chi connectivity index (χ3v) is 7.28. The van der Waals surface area contributed by atoms with E-state index in [-0.39, 0.29) is 12.2 Å². The van der Waals surface area contributed by atoms with Crippen LogP contribution in [0.2, 0.25) is 0 Å². The Morgan fingerprint density at radius 3 is 2.79 bits per heavy atom. The first-order valence-electron chi connectivity index (χ1n) is 10.9. The number of ether oxygens (including phenoxy) is 2. The van der Waals surface area contributed by atoms with Crippen LogP contribution < -0.4 is 14.5 Å². The summed E-state index contributed by atoms with van der Waals surface area (Å²) in [5.74, 6) is 0.583. The molecule has 8 nitrogen and oxygen atoms in total. The SMILES string of the molecule is COc1ccc2nccc(N3CC(N(C)C[C@@H]4CN(c5ccc(Br)c(C)c5)C(=O)O4)C3)c2n1. The van der Waals surface area contributed by atoms with Crippen LogP contribution in [0.5, 0.6) is 5.88 Å². The fraction of sp³-hybridized carbons (Fsp3) is 0.375. The first-order valence-corrected chi connectivity index (χ1v) is 11.7. The quantitative estimate of drug-likeness (QED) is 0.497. The van der Waals surface area contributed by atoms with Gasteiger partial charge < -0.3 is 14.4 Å². The van der Waals surface area contributed by atoms with Crippen LogP contribution in [0, 0.1) is 6.92 Å². The molecule has 0 aliphatic carbocycles. The van der Waals surface area contributed by atoms with Crippen molar-refractivity contribution in [2.75, 3.05) is 50.1 Å². The predicted molar refractivity (Wildman–Crippen MR) is 131 cm³/mol. The average molecular weight is 512 g/mol. The smallest absolute Gasteiger partial charge is 0.414 e. The number of pyridine rings is 2. The zero-order chi connectivity index (χ0) is 23.1. The molecular formula is C24H26BrN5O3. The van der Waals surface area contributed by atoms with Crippen LogP contribution in [-0.4, -0.2) is 73.4 Å². The maximum Gasteiger partial charge on any atom is 0.414 e. The fourth-order valence-electron chi connectivity index (χ4n) is 4.39. The van der Waals surface area contributed by atoms with Gasteiger partial charge in [0.25, 0.3) is 0 Å². The molecule has 0 spiro atoms. The lowest BCUT2D eigenvalue weighted by atomic mass is 10.1. The zero-order valence-corrected chi connectivity index (χ0v) is 20.4. The number of fused-ring (bicyclic) bond motifs is 1. The van der Waals surface area contributed by atoms with E-state index in [1.165, 1.54) is 0 Å². The average Bonchev–Trinajstić information content (AvgIpc) is 3.14. The second-order valence-electron chi connectivity index (χ2n) is 8.60. The largest absolute Gasteiger partial charge is 0.481 e. The number of anilines is 2. The highest BCUT2D eigenvalue weighted by molar-refractivity contribution is 9.10. The first kappa shape index (κ1) is 21.9. The molecule has 2 aromatic heterocycles. The Balaban J connectivity index is 1.21. The van der Waals surface area contributed by atoms with E-state index in [0.717, 1.165) is 45.5 Å². The van der Waals surface area contributed by atoms with E-state index >= 15 is 0 Å². The number of aromatic nitrogens is 2. The van der Waals surface area contributed by atoms with Crippen molar-refractivity contribution in [1.29, 1.82) is 0 Å². The number of carbonyl (C=O) groups excluding carboxylic acids is 1. The highest BCUT2D eigenvalue weighted by Gasteiger charge is 2.37. The molecule has 9 heteroatoms. The van der Waals surface area contributed by atoms with Crippen LogP contribution in [0.1, 0.15) is 5.56 Å². The molecule has 4 heterocycles. The molecule has 5 rings (SSSR count). The molecule has 3 aromatic rings. The van der Waals surface area contributed by atoms with Gasteiger partial charge in [0.2, 0.25) is 5.88 Å². The van der Waals surface area contributed by atoms with Gasteiger partial charge in [-0.05, 0) is 49.9 Å². The summed E-state index contributed by atoms with van der Waals surface area (Å²) in [4.78, 5) is 27.8. The van der Waals surface area contributed by atoms with Gasteiger partial charge in [-0.3, -0.25) is 14.8 Å². The van der Waals surface area contributed by atoms with Gasteiger partial charge in [-0.25, -0.2) is 9.78 Å². The van der Waals surface area contributed by atoms with E-state index in [0.29, 0.717) is 25.0 Å². The number of carbonyl (C=O) groups is 1. The third-order valence-electron chi connectivity index (χ3n) is 6.39. The predicted octanol–water partition coefficient (Wildman–Crippen LogP) is 3.86. The van der Waals surface area contributed by atoms with Crippen molar-refractivity contribution in [3.05, 3.63) is 52.6 Å². The van der Waals surface area contributed by atoms with Gasteiger partial charge in [0.1, 0.15) is 11.6 Å². The van der Waals surface area contributed by atoms with E-state index in [1.54, 1.807) is 12.0 Å². The number of nitrogens with zero attached hydrogens (tertiary/aromatic N) is 5. The number of benzene rings is 1. The molecule has 172 valence electrons. The Bertz CT molecular complexity index is 1200. The number of amides is 1. The number of halogens is 1. The topological polar surface area (TPSA) is 71.0 Å². The minimum atomic E-state index is -0.284. The molecule has 2 fully saturated rings. The zero-order valence-electron chi connectivity index (χ0n) is 18.9. The minimum absolute atomic E-state index is 0.159. The third kappa shape index (κ3) is 4.22. The van der Waals surface area contributed by atoms with Crippen molar-refractivity contribution in [1.82, 2.24) is 14.9 Å². The number of cyclic esters (lactones) is 1. The molecule has 0 unspecified atom stereocenters. The first-order chi connectivity index (χ1) is 15.9. The maximum atomic E-state index is 12.5. The molecular weight excluding hydrogens is 486 g/mol. The van der Waals surface area contributed by atoms with Gasteiger partial charge in [-0.1, -0.05) is 15.9 Å². The Morgan fingerprint density at radius 1 is 1.21 bits per heavy atom. The summed E-state index contributed by atoms with van der Waals surface area (Å²) in [5, 5.41) is 0. The Labute approximate surface area is 201 Å². The van der Waals surface area contributed by atoms with Crippen molar-refractivity contribution in [2.24, 2.45) is 0 Å². The molecule has 1 aromatic carbocycles. The van der Waals surface area contributed by atoms with Crippen molar-refractivity contribution >= 4 is 44.4 Å². The van der Waals surface area contributed by atoms with Crippen molar-refractivity contribution in [3.8, 4) is 5.88 Å². The molecule has 0 saturated carbocycles. The molecule has 1 atom stereocenters. The second-order valence-corrected chi connectivity index (χ2v) is 9.45. The van der Waals surface area contributed by atoms with Crippen molar-refractivity contribution < 1.29 is 14.3 Å². The monoisotopic (exact) mass is 511 g/mol. The Hall–Kier alpha value is -2.91. The van der Waals surface area contributed by atoms with Crippen LogP contribution in [-0.2, 0) is 4.74 Å². The number of hydrogen-bond acceptors (Lipinski definition) is 7. The highest BCUT2D eigenvalue weighted by atomic mass is 79.9. The lowest BCUT2D eigenvalue weighted by Crippen LogP contribution is -2.59. The van der Waals surface area contributed by atoms with Crippen molar-refractivity contribution in [2.45, 2.75) is 19.1 Å². The highest BCUT2D eigenvalue weighted by Crippen LogP contribution is 2.31. The summed E-state index contributed by atoms with van der Waals surface area (Å²) in [6, 6.07) is 12.0. The van der Waals surface area contributed by atoms with Gasteiger partial charge in [0, 0.05) is 48.1 Å². The van der Waals surface area contributed by atoms with Gasteiger partial charge >= 0.3 is 6.09 Å². The van der Waals surface area contributed by atoms with E-state index in [9.17, 15) is 4.79 Å². The molecule has 0 N–H and O–H groups in total. The second kappa shape index (κ2) is 8.79. The standard InChI is InChI=1S/C24H26BrN5O3/c1-15-10-16(4-5-19(15)25)30-14-18(33-24(30)31)13-28(2)17-11-29(12-17)21-8-9-26-20-6-7-22(32-3)27-23(20)21/h4-10,17-18H,11-14H2,1-3H3/t18-/m1/s1. The summed E-state index contributed by atoms with van der Waals surface area (Å²) < 4.78 is 12.0. The Kier molecular flexibility index (Phi) is 5.84. The molecule has 0 bridgehead atoms. The van der Waals surface area contributed by atoms with Crippen LogP contribution in [0.4, 0.5) is 16.2 Å².